The van der Waals surface area contributed by atoms with Crippen LogP contribution in [0.2, 0.25) is 0 Å². The lowest BCUT2D eigenvalue weighted by atomic mass is 10.3. The molecular weight excluding hydrogens is 228 g/mol. The van der Waals surface area contributed by atoms with Gasteiger partial charge in [-0.2, -0.15) is 5.26 Å². The molecule has 0 radical (unpaired) electrons. The molecule has 0 aliphatic carbocycles. The average Bonchev–Trinajstić information content (AvgIpc) is 2.17. The Morgan fingerprint density at radius 2 is 2.25 bits per heavy atom. The topological polar surface area (TPSA) is 79.2 Å². The molecule has 0 atom stereocenters. The maximum atomic E-state index is 11.3. The molecule has 1 aromatic carbocycles. The van der Waals surface area contributed by atoms with Crippen molar-refractivity contribution in [2.24, 2.45) is 0 Å². The van der Waals surface area contributed by atoms with Gasteiger partial charge in [0.25, 0.3) is 0 Å². The molecule has 0 unspecified atom stereocenters. The third kappa shape index (κ3) is 3.79. The summed E-state index contributed by atoms with van der Waals surface area (Å²) in [7, 11) is -3.58. The minimum Gasteiger partial charge on any atom is -0.494 e. The smallest absolute Gasteiger partial charge is 0.246 e. The first kappa shape index (κ1) is 12.3. The van der Waals surface area contributed by atoms with Gasteiger partial charge >= 0.3 is 0 Å². The fourth-order valence-electron chi connectivity index (χ4n) is 1.12. The Bertz CT molecular complexity index is 491. The van der Waals surface area contributed by atoms with Crippen molar-refractivity contribution in [3.63, 3.8) is 0 Å². The Hall–Kier alpha value is -1.74. The van der Waals surface area contributed by atoms with E-state index in [4.69, 9.17) is 10.00 Å². The zero-order chi connectivity index (χ0) is 12.0. The van der Waals surface area contributed by atoms with Gasteiger partial charge < -0.3 is 4.74 Å². The van der Waals surface area contributed by atoms with Crippen LogP contribution in [0.25, 0.3) is 0 Å². The van der Waals surface area contributed by atoms with Crippen molar-refractivity contribution in [3.05, 3.63) is 24.3 Å². The van der Waals surface area contributed by atoms with Gasteiger partial charge in [-0.25, -0.2) is 8.42 Å². The highest BCUT2D eigenvalue weighted by atomic mass is 32.2. The van der Waals surface area contributed by atoms with Crippen LogP contribution < -0.4 is 9.46 Å². The number of rotatable bonds is 5. The maximum Gasteiger partial charge on any atom is 0.246 e. The molecule has 0 heterocycles. The predicted octanol–water partition coefficient (Wildman–Crippen LogP) is 1.35. The molecule has 0 aliphatic rings. The van der Waals surface area contributed by atoms with Gasteiger partial charge in [0, 0.05) is 6.07 Å². The zero-order valence-corrected chi connectivity index (χ0v) is 9.62. The van der Waals surface area contributed by atoms with E-state index in [2.05, 4.69) is 4.72 Å². The molecule has 0 saturated heterocycles. The van der Waals surface area contributed by atoms with Crippen molar-refractivity contribution >= 4 is 15.7 Å². The van der Waals surface area contributed by atoms with E-state index in [-0.39, 0.29) is 0 Å². The molecule has 5 nitrogen and oxygen atoms in total. The van der Waals surface area contributed by atoms with Crippen molar-refractivity contribution in [3.8, 4) is 11.8 Å². The van der Waals surface area contributed by atoms with Gasteiger partial charge in [-0.1, -0.05) is 6.07 Å². The van der Waals surface area contributed by atoms with Gasteiger partial charge in [-0.05, 0) is 19.1 Å². The third-order valence-corrected chi connectivity index (χ3v) is 2.73. The number of anilines is 1. The van der Waals surface area contributed by atoms with E-state index in [0.29, 0.717) is 18.0 Å². The lowest BCUT2D eigenvalue weighted by Crippen LogP contribution is -2.15. The highest BCUT2D eigenvalue weighted by molar-refractivity contribution is 7.92. The molecule has 6 heteroatoms. The van der Waals surface area contributed by atoms with E-state index in [0.717, 1.165) is 0 Å². The van der Waals surface area contributed by atoms with Crippen LogP contribution in [0.1, 0.15) is 6.92 Å². The van der Waals surface area contributed by atoms with Crippen molar-refractivity contribution in [2.45, 2.75) is 6.92 Å². The van der Waals surface area contributed by atoms with Crippen molar-refractivity contribution < 1.29 is 13.2 Å². The summed E-state index contributed by atoms with van der Waals surface area (Å²) in [4.78, 5) is 0. The zero-order valence-electron chi connectivity index (χ0n) is 8.80. The van der Waals surface area contributed by atoms with Crippen LogP contribution in [0.15, 0.2) is 24.3 Å². The van der Waals surface area contributed by atoms with Gasteiger partial charge in [-0.3, -0.25) is 4.72 Å². The van der Waals surface area contributed by atoms with Crippen LogP contribution in [0, 0.1) is 11.3 Å². The fraction of sp³-hybridized carbons (Fsp3) is 0.300. The van der Waals surface area contributed by atoms with E-state index < -0.39 is 15.8 Å². The Morgan fingerprint density at radius 1 is 1.50 bits per heavy atom. The normalized spacial score (nSPS) is 10.5. The Balaban J connectivity index is 2.82. The molecule has 0 fully saturated rings. The minimum atomic E-state index is -3.58. The van der Waals surface area contributed by atoms with Crippen LogP contribution >= 0.6 is 0 Å². The van der Waals surface area contributed by atoms with Crippen molar-refractivity contribution in [1.29, 1.82) is 5.26 Å². The molecule has 1 N–H and O–H groups in total. The summed E-state index contributed by atoms with van der Waals surface area (Å²) in [6.07, 6.45) is 0. The first-order valence-electron chi connectivity index (χ1n) is 4.67. The minimum absolute atomic E-state index is 0.390. The molecule has 0 aliphatic heterocycles. The van der Waals surface area contributed by atoms with Crippen LogP contribution in [-0.4, -0.2) is 20.8 Å². The van der Waals surface area contributed by atoms with E-state index >= 15 is 0 Å². The number of nitriles is 1. The van der Waals surface area contributed by atoms with Crippen molar-refractivity contribution in [1.82, 2.24) is 0 Å². The van der Waals surface area contributed by atoms with E-state index in [1.807, 2.05) is 6.92 Å². The lowest BCUT2D eigenvalue weighted by Gasteiger charge is -2.07. The number of benzene rings is 1. The number of sulfonamides is 1. The van der Waals surface area contributed by atoms with E-state index in [9.17, 15) is 8.42 Å². The number of nitrogens with one attached hydrogen (secondary N) is 1. The summed E-state index contributed by atoms with van der Waals surface area (Å²) >= 11 is 0. The van der Waals surface area contributed by atoms with Crippen LogP contribution in [0.4, 0.5) is 5.69 Å². The molecule has 0 aromatic heterocycles. The molecule has 16 heavy (non-hydrogen) atoms. The Kier molecular flexibility index (Phi) is 4.14. The second-order valence-electron chi connectivity index (χ2n) is 2.98. The maximum absolute atomic E-state index is 11.3. The lowest BCUT2D eigenvalue weighted by molar-refractivity contribution is 0.340. The second kappa shape index (κ2) is 5.37. The summed E-state index contributed by atoms with van der Waals surface area (Å²) < 4.78 is 30.1. The number of nitrogens with zero attached hydrogens (tertiary/aromatic N) is 1. The van der Waals surface area contributed by atoms with Crippen LogP contribution in [-0.2, 0) is 10.0 Å². The van der Waals surface area contributed by atoms with Crippen LogP contribution in [0.5, 0.6) is 5.75 Å². The summed E-state index contributed by atoms with van der Waals surface area (Å²) in [5.41, 5.74) is 0.390. The highest BCUT2D eigenvalue weighted by Gasteiger charge is 2.09. The molecule has 0 saturated carbocycles. The average molecular weight is 240 g/mol. The molecule has 1 aromatic rings. The van der Waals surface area contributed by atoms with Gasteiger partial charge in [0.1, 0.15) is 5.75 Å². The Morgan fingerprint density at radius 3 is 2.88 bits per heavy atom. The van der Waals surface area contributed by atoms with E-state index in [1.165, 1.54) is 0 Å². The number of hydrogen-bond donors (Lipinski definition) is 1. The van der Waals surface area contributed by atoms with Gasteiger partial charge in [0.05, 0.1) is 18.4 Å². The third-order valence-electron chi connectivity index (χ3n) is 1.67. The molecular formula is C10H12N2O3S. The summed E-state index contributed by atoms with van der Waals surface area (Å²) in [5, 5.41) is 8.32. The first-order chi connectivity index (χ1) is 7.57. The molecule has 0 spiro atoms. The monoisotopic (exact) mass is 240 g/mol. The van der Waals surface area contributed by atoms with Gasteiger partial charge in [0.15, 0.2) is 5.75 Å². The standard InChI is InChI=1S/C10H12N2O3S/c1-2-15-10-5-3-4-9(8-10)12-16(13,14)7-6-11/h3-5,8,12H,2,7H2,1H3. The second-order valence-corrected chi connectivity index (χ2v) is 4.70. The van der Waals surface area contributed by atoms with Gasteiger partial charge in [0.2, 0.25) is 10.0 Å². The number of hydrogen-bond acceptors (Lipinski definition) is 4. The fourth-order valence-corrected chi connectivity index (χ4v) is 1.84. The quantitative estimate of drug-likeness (QED) is 0.842. The molecule has 0 amide bonds. The first-order valence-corrected chi connectivity index (χ1v) is 6.33. The molecule has 1 rings (SSSR count). The van der Waals surface area contributed by atoms with Gasteiger partial charge in [-0.15, -0.1) is 0 Å². The molecule has 86 valence electrons. The SMILES string of the molecule is CCOc1cccc(NS(=O)(=O)CC#N)c1. The van der Waals surface area contributed by atoms with E-state index in [1.54, 1.807) is 30.3 Å². The highest BCUT2D eigenvalue weighted by Crippen LogP contribution is 2.18. The Labute approximate surface area is 94.7 Å². The summed E-state index contributed by atoms with van der Waals surface area (Å²) in [5.74, 6) is 0.0194. The van der Waals surface area contributed by atoms with Crippen LogP contribution in [0.3, 0.4) is 0 Å². The molecule has 0 bridgehead atoms. The predicted molar refractivity (Wildman–Crippen MR) is 60.6 cm³/mol. The number of ether oxygens (including phenoxy) is 1. The van der Waals surface area contributed by atoms with Crippen molar-refractivity contribution in [2.75, 3.05) is 17.1 Å². The summed E-state index contributed by atoms with van der Waals surface area (Å²) in [6.45, 7) is 2.35. The summed E-state index contributed by atoms with van der Waals surface area (Å²) in [6, 6.07) is 8.15. The largest absolute Gasteiger partial charge is 0.494 e.